The van der Waals surface area contributed by atoms with Gasteiger partial charge in [-0.15, -0.1) is 0 Å². The van der Waals surface area contributed by atoms with Crippen molar-refractivity contribution >= 4 is 29.4 Å². The molecule has 2 atom stereocenters. The number of carbonyl (C=O) groups excluding carboxylic acids is 3. The highest BCUT2D eigenvalue weighted by molar-refractivity contribution is 6.30. The number of nitrogens with zero attached hydrogens (tertiary/aromatic N) is 1. The largest absolute Gasteiger partial charge is 0.466 e. The monoisotopic (exact) mass is 608 g/mol. The summed E-state index contributed by atoms with van der Waals surface area (Å²) in [5.41, 5.74) is 2.99. The van der Waals surface area contributed by atoms with Gasteiger partial charge in [0, 0.05) is 28.8 Å². The molecule has 1 N–H and O–H groups in total. The fraction of sp³-hybridized carbons (Fsp3) is 0.324. The third-order valence-corrected chi connectivity index (χ3v) is 7.14. The van der Waals surface area contributed by atoms with Crippen LogP contribution in [0.3, 0.4) is 0 Å². The molecular weight excluding hydrogens is 571 g/mol. The summed E-state index contributed by atoms with van der Waals surface area (Å²) in [4.78, 5) is 40.9. The van der Waals surface area contributed by atoms with Crippen molar-refractivity contribution in [2.75, 3.05) is 6.61 Å². The van der Waals surface area contributed by atoms with Gasteiger partial charge in [-0.2, -0.15) is 0 Å². The second-order valence-corrected chi connectivity index (χ2v) is 10.2. The average Bonchev–Trinajstić information content (AvgIpc) is 2.97. The summed E-state index contributed by atoms with van der Waals surface area (Å²) >= 11 is 6.50. The van der Waals surface area contributed by atoms with Gasteiger partial charge in [-0.1, -0.05) is 51.1 Å². The number of hydrogen-bond acceptors (Lipinski definition) is 5. The molecule has 4 rings (SSSR count). The standard InChI is InChI=1S/C32H32ClFN2O5.C2H6/c1-6-27(37)36(7-2)31-21-13-22(33)16-23(14-21)41-26-11-9-10-18(4)29(26)20-12-19(5)30(34)24(15-20)25(35-32(31)39)17-28(38)40-8-3;1-2/h7,9-16,25,31H,2,6,8,17H2,1,3-5H3,(H,35,39);1-2H3/t25-,31?;/m0./s1. The summed E-state index contributed by atoms with van der Waals surface area (Å²) in [7, 11) is 0. The van der Waals surface area contributed by atoms with E-state index < -0.39 is 29.8 Å². The van der Waals surface area contributed by atoms with Crippen molar-refractivity contribution in [2.45, 2.75) is 66.5 Å². The van der Waals surface area contributed by atoms with E-state index in [1.165, 1.54) is 11.1 Å². The molecule has 3 aromatic rings. The quantitative estimate of drug-likeness (QED) is 0.286. The third-order valence-electron chi connectivity index (χ3n) is 6.92. The van der Waals surface area contributed by atoms with Gasteiger partial charge < -0.3 is 19.7 Å². The molecule has 0 aromatic heterocycles. The molecule has 7 nitrogen and oxygen atoms in total. The Morgan fingerprint density at radius 2 is 1.84 bits per heavy atom. The molecule has 43 heavy (non-hydrogen) atoms. The lowest BCUT2D eigenvalue weighted by Gasteiger charge is -2.30. The summed E-state index contributed by atoms with van der Waals surface area (Å²) in [6.45, 7) is 14.7. The SMILES string of the molecule is C=CN(C(=O)CC)C1C(=O)N[C@@H](CC(=O)OCC)c2cc(cc(C)c2F)-c2c(C)cccc2Oc2cc(Cl)cc1c2.CC. The molecule has 9 heteroatoms. The van der Waals surface area contributed by atoms with E-state index in [1.807, 2.05) is 32.9 Å². The van der Waals surface area contributed by atoms with Crippen LogP contribution in [-0.4, -0.2) is 29.3 Å². The number of rotatable bonds is 6. The van der Waals surface area contributed by atoms with Crippen LogP contribution in [-0.2, 0) is 19.1 Å². The maximum absolute atomic E-state index is 15.8. The van der Waals surface area contributed by atoms with E-state index in [4.69, 9.17) is 21.1 Å². The van der Waals surface area contributed by atoms with E-state index in [1.54, 1.807) is 57.2 Å². The van der Waals surface area contributed by atoms with Gasteiger partial charge in [0.15, 0.2) is 0 Å². The highest BCUT2D eigenvalue weighted by Crippen LogP contribution is 2.41. The van der Waals surface area contributed by atoms with Crippen LogP contribution in [0.25, 0.3) is 11.1 Å². The Balaban J connectivity index is 0.00000248. The van der Waals surface area contributed by atoms with Crippen molar-refractivity contribution in [3.05, 3.63) is 94.4 Å². The Labute approximate surface area is 257 Å². The second-order valence-electron chi connectivity index (χ2n) is 9.78. The van der Waals surface area contributed by atoms with Gasteiger partial charge in [0.05, 0.1) is 19.1 Å². The predicted octanol–water partition coefficient (Wildman–Crippen LogP) is 8.13. The van der Waals surface area contributed by atoms with Crippen molar-refractivity contribution in [3.63, 3.8) is 0 Å². The molecule has 0 spiro atoms. The van der Waals surface area contributed by atoms with E-state index >= 15 is 4.39 Å². The smallest absolute Gasteiger partial charge is 0.308 e. The minimum Gasteiger partial charge on any atom is -0.466 e. The van der Waals surface area contributed by atoms with Crippen LogP contribution < -0.4 is 10.1 Å². The molecule has 2 amide bonds. The van der Waals surface area contributed by atoms with Gasteiger partial charge in [-0.05, 0) is 79.4 Å². The van der Waals surface area contributed by atoms with Gasteiger partial charge in [0.2, 0.25) is 11.8 Å². The van der Waals surface area contributed by atoms with E-state index in [0.29, 0.717) is 33.8 Å². The maximum atomic E-state index is 15.8. The molecule has 0 fully saturated rings. The number of carbonyl (C=O) groups is 3. The van der Waals surface area contributed by atoms with Gasteiger partial charge in [-0.25, -0.2) is 4.39 Å². The predicted molar refractivity (Wildman–Crippen MR) is 166 cm³/mol. The summed E-state index contributed by atoms with van der Waals surface area (Å²) in [5, 5.41) is 3.10. The fourth-order valence-electron chi connectivity index (χ4n) is 5.07. The molecule has 1 unspecified atom stereocenters. The van der Waals surface area contributed by atoms with E-state index in [2.05, 4.69) is 11.9 Å². The van der Waals surface area contributed by atoms with Gasteiger partial charge in [0.1, 0.15) is 23.4 Å². The summed E-state index contributed by atoms with van der Waals surface area (Å²) in [6.07, 6.45) is 1.02. The first kappa shape index (κ1) is 33.3. The number of amides is 2. The Bertz CT molecular complexity index is 1520. The summed E-state index contributed by atoms with van der Waals surface area (Å²) in [6, 6.07) is 11.3. The summed E-state index contributed by atoms with van der Waals surface area (Å²) in [5.74, 6) is -1.40. The van der Waals surface area contributed by atoms with Crippen molar-refractivity contribution in [1.82, 2.24) is 10.2 Å². The number of hydrogen-bond donors (Lipinski definition) is 1. The molecule has 0 aliphatic carbocycles. The van der Waals surface area contributed by atoms with Crippen LogP contribution >= 0.6 is 11.6 Å². The highest BCUT2D eigenvalue weighted by atomic mass is 35.5. The van der Waals surface area contributed by atoms with Gasteiger partial charge in [0.25, 0.3) is 0 Å². The number of aryl methyl sites for hydroxylation is 2. The molecular formula is C34H38ClFN2O5. The molecule has 1 aliphatic rings. The molecule has 0 saturated heterocycles. The van der Waals surface area contributed by atoms with Crippen LogP contribution in [0.2, 0.25) is 5.02 Å². The minimum atomic E-state index is -1.24. The lowest BCUT2D eigenvalue weighted by Crippen LogP contribution is -2.42. The molecule has 228 valence electrons. The molecule has 1 heterocycles. The van der Waals surface area contributed by atoms with E-state index in [9.17, 15) is 14.4 Å². The minimum absolute atomic E-state index is 0.0918. The van der Waals surface area contributed by atoms with E-state index in [-0.39, 0.29) is 35.9 Å². The number of ether oxygens (including phenoxy) is 2. The number of benzene rings is 3. The number of nitrogens with one attached hydrogen (secondary N) is 1. The zero-order chi connectivity index (χ0) is 31.8. The topological polar surface area (TPSA) is 84.9 Å². The fourth-order valence-corrected chi connectivity index (χ4v) is 5.30. The average molecular weight is 609 g/mol. The third kappa shape index (κ3) is 7.43. The van der Waals surface area contributed by atoms with Crippen LogP contribution in [0.5, 0.6) is 11.5 Å². The zero-order valence-electron chi connectivity index (χ0n) is 25.4. The normalized spacial score (nSPS) is 15.5. The van der Waals surface area contributed by atoms with Gasteiger partial charge >= 0.3 is 5.97 Å². The van der Waals surface area contributed by atoms with Crippen molar-refractivity contribution in [2.24, 2.45) is 0 Å². The number of esters is 1. The molecule has 0 radical (unpaired) electrons. The van der Waals surface area contributed by atoms with Crippen LogP contribution in [0.1, 0.15) is 74.9 Å². The maximum Gasteiger partial charge on any atom is 0.308 e. The first-order chi connectivity index (χ1) is 20.6. The lowest BCUT2D eigenvalue weighted by atomic mass is 9.92. The van der Waals surface area contributed by atoms with Crippen molar-refractivity contribution in [3.8, 4) is 22.6 Å². The van der Waals surface area contributed by atoms with E-state index in [0.717, 1.165) is 5.56 Å². The Morgan fingerprint density at radius 3 is 2.49 bits per heavy atom. The number of halogens is 2. The molecule has 0 saturated carbocycles. The Morgan fingerprint density at radius 1 is 1.12 bits per heavy atom. The Hall–Kier alpha value is -4.17. The van der Waals surface area contributed by atoms with Crippen LogP contribution in [0, 0.1) is 19.7 Å². The van der Waals surface area contributed by atoms with Crippen molar-refractivity contribution in [1.29, 1.82) is 0 Å². The molecule has 3 aromatic carbocycles. The first-order valence-electron chi connectivity index (χ1n) is 14.4. The van der Waals surface area contributed by atoms with Crippen LogP contribution in [0.4, 0.5) is 4.39 Å². The number of fused-ring (bicyclic) bond motifs is 6. The van der Waals surface area contributed by atoms with Gasteiger partial charge in [-0.3, -0.25) is 14.4 Å². The molecule has 1 aliphatic heterocycles. The molecule has 4 bridgehead atoms. The first-order valence-corrected chi connectivity index (χ1v) is 14.7. The van der Waals surface area contributed by atoms with Crippen LogP contribution in [0.15, 0.2) is 61.3 Å². The summed E-state index contributed by atoms with van der Waals surface area (Å²) < 4.78 is 27.3. The second kappa shape index (κ2) is 14.8. The lowest BCUT2D eigenvalue weighted by molar-refractivity contribution is -0.144. The zero-order valence-corrected chi connectivity index (χ0v) is 26.2. The van der Waals surface area contributed by atoms with Crippen molar-refractivity contribution < 1.29 is 28.2 Å². The Kier molecular flexibility index (Phi) is 11.5. The highest BCUT2D eigenvalue weighted by Gasteiger charge is 2.34.